The van der Waals surface area contributed by atoms with Crippen molar-refractivity contribution < 1.29 is 14.3 Å². The van der Waals surface area contributed by atoms with Gasteiger partial charge in [-0.2, -0.15) is 0 Å². The molecule has 2 rings (SSSR count). The van der Waals surface area contributed by atoms with Crippen molar-refractivity contribution in [1.82, 2.24) is 0 Å². The van der Waals surface area contributed by atoms with Gasteiger partial charge < -0.3 is 10.1 Å². The van der Waals surface area contributed by atoms with Crippen molar-refractivity contribution in [2.75, 3.05) is 5.32 Å². The van der Waals surface area contributed by atoms with Crippen LogP contribution in [-0.2, 0) is 9.53 Å². The second kappa shape index (κ2) is 5.75. The summed E-state index contributed by atoms with van der Waals surface area (Å²) in [6, 6.07) is 6.95. The molecule has 108 valence electrons. The van der Waals surface area contributed by atoms with Gasteiger partial charge >= 0.3 is 0 Å². The van der Waals surface area contributed by atoms with Gasteiger partial charge in [-0.1, -0.05) is 6.92 Å². The molecule has 1 N–H and O–H groups in total. The number of Topliss-reactive ketones (excluding diaryl/α,β-unsaturated/α-hetero) is 1. The maximum Gasteiger partial charge on any atom is 0.230 e. The highest BCUT2D eigenvalue weighted by atomic mass is 16.5. The largest absolute Gasteiger partial charge is 0.374 e. The highest BCUT2D eigenvalue weighted by Crippen LogP contribution is 2.32. The summed E-state index contributed by atoms with van der Waals surface area (Å²) in [6.07, 6.45) is 0.0253. The van der Waals surface area contributed by atoms with Gasteiger partial charge in [0, 0.05) is 11.3 Å². The Morgan fingerprint density at radius 2 is 1.65 bits per heavy atom. The van der Waals surface area contributed by atoms with Crippen LogP contribution < -0.4 is 5.32 Å². The van der Waals surface area contributed by atoms with Gasteiger partial charge in [-0.25, -0.2) is 0 Å². The average Bonchev–Trinajstić information content (AvgIpc) is 2.63. The summed E-state index contributed by atoms with van der Waals surface area (Å²) in [4.78, 5) is 23.5. The van der Waals surface area contributed by atoms with E-state index in [1.165, 1.54) is 6.92 Å². The number of ether oxygens (including phenoxy) is 1. The van der Waals surface area contributed by atoms with Crippen molar-refractivity contribution in [2.45, 2.75) is 39.9 Å². The summed E-state index contributed by atoms with van der Waals surface area (Å²) in [5, 5.41) is 2.90. The third-order valence-corrected chi connectivity index (χ3v) is 4.10. The van der Waals surface area contributed by atoms with Crippen LogP contribution in [0.15, 0.2) is 24.3 Å². The van der Waals surface area contributed by atoms with Gasteiger partial charge in [0.05, 0.1) is 18.1 Å². The molecule has 1 aliphatic rings. The van der Waals surface area contributed by atoms with Gasteiger partial charge in [0.25, 0.3) is 0 Å². The molecule has 0 spiro atoms. The summed E-state index contributed by atoms with van der Waals surface area (Å²) in [5.74, 6) is 0.0482. The highest BCUT2D eigenvalue weighted by Gasteiger charge is 2.41. The van der Waals surface area contributed by atoms with E-state index in [1.54, 1.807) is 24.3 Å². The van der Waals surface area contributed by atoms with Crippen molar-refractivity contribution in [1.29, 1.82) is 0 Å². The average molecular weight is 275 g/mol. The van der Waals surface area contributed by atoms with E-state index < -0.39 is 0 Å². The molecule has 1 amide bonds. The maximum absolute atomic E-state index is 12.3. The van der Waals surface area contributed by atoms with Gasteiger partial charge in [-0.05, 0) is 51.0 Å². The molecule has 1 aromatic carbocycles. The van der Waals surface area contributed by atoms with E-state index in [2.05, 4.69) is 5.32 Å². The van der Waals surface area contributed by atoms with Crippen molar-refractivity contribution in [3.05, 3.63) is 29.8 Å². The topological polar surface area (TPSA) is 55.4 Å². The summed E-state index contributed by atoms with van der Waals surface area (Å²) >= 11 is 0. The summed E-state index contributed by atoms with van der Waals surface area (Å²) in [5.41, 5.74) is 1.35. The molecule has 4 nitrogen and oxygen atoms in total. The maximum atomic E-state index is 12.3. The quantitative estimate of drug-likeness (QED) is 0.863. The minimum atomic E-state index is -0.141. The Bertz CT molecular complexity index is 509. The Hall–Kier alpha value is -1.68. The smallest absolute Gasteiger partial charge is 0.230 e. The molecule has 4 heteroatoms. The minimum Gasteiger partial charge on any atom is -0.374 e. The molecule has 4 unspecified atom stereocenters. The van der Waals surface area contributed by atoms with Crippen LogP contribution in [0.1, 0.15) is 38.1 Å². The number of hydrogen-bond donors (Lipinski definition) is 1. The van der Waals surface area contributed by atoms with Crippen molar-refractivity contribution >= 4 is 17.4 Å². The predicted molar refractivity (Wildman–Crippen MR) is 77.7 cm³/mol. The van der Waals surface area contributed by atoms with E-state index in [1.807, 2.05) is 20.8 Å². The molecular weight excluding hydrogens is 254 g/mol. The number of amides is 1. The lowest BCUT2D eigenvalue weighted by Crippen LogP contribution is -2.31. The van der Waals surface area contributed by atoms with Crippen LogP contribution in [0.25, 0.3) is 0 Å². The Kier molecular flexibility index (Phi) is 4.23. The van der Waals surface area contributed by atoms with Crippen LogP contribution in [0, 0.1) is 11.8 Å². The zero-order chi connectivity index (χ0) is 14.9. The first-order valence-electron chi connectivity index (χ1n) is 6.97. The van der Waals surface area contributed by atoms with Gasteiger partial charge in [-0.15, -0.1) is 0 Å². The fourth-order valence-corrected chi connectivity index (χ4v) is 2.73. The molecule has 0 radical (unpaired) electrons. The first-order chi connectivity index (χ1) is 9.40. The third-order valence-electron chi connectivity index (χ3n) is 4.10. The molecule has 4 atom stereocenters. The number of hydrogen-bond acceptors (Lipinski definition) is 3. The van der Waals surface area contributed by atoms with Crippen LogP contribution in [0.4, 0.5) is 5.69 Å². The molecule has 1 fully saturated rings. The lowest BCUT2D eigenvalue weighted by molar-refractivity contribution is -0.121. The molecule has 1 aliphatic heterocycles. The number of anilines is 1. The zero-order valence-corrected chi connectivity index (χ0v) is 12.3. The number of benzene rings is 1. The molecule has 1 aromatic rings. The van der Waals surface area contributed by atoms with Crippen molar-refractivity contribution in [2.24, 2.45) is 11.8 Å². The highest BCUT2D eigenvalue weighted by molar-refractivity contribution is 5.96. The van der Waals surface area contributed by atoms with Gasteiger partial charge in [-0.3, -0.25) is 9.59 Å². The Morgan fingerprint density at radius 3 is 2.10 bits per heavy atom. The molecule has 0 aromatic heterocycles. The van der Waals surface area contributed by atoms with Crippen molar-refractivity contribution in [3.63, 3.8) is 0 Å². The van der Waals surface area contributed by atoms with E-state index in [4.69, 9.17) is 4.74 Å². The second-order valence-corrected chi connectivity index (χ2v) is 5.55. The third kappa shape index (κ3) is 2.90. The lowest BCUT2D eigenvalue weighted by Gasteiger charge is -2.18. The Morgan fingerprint density at radius 1 is 1.05 bits per heavy atom. The molecule has 0 aliphatic carbocycles. The molecular formula is C16H21NO3. The van der Waals surface area contributed by atoms with Gasteiger partial charge in [0.15, 0.2) is 5.78 Å². The molecule has 20 heavy (non-hydrogen) atoms. The fraction of sp³-hybridized carbons (Fsp3) is 0.500. The summed E-state index contributed by atoms with van der Waals surface area (Å²) in [7, 11) is 0. The minimum absolute atomic E-state index is 0.0168. The number of rotatable bonds is 3. The number of carbonyl (C=O) groups excluding carboxylic acids is 2. The van der Waals surface area contributed by atoms with E-state index in [0.29, 0.717) is 11.3 Å². The Labute approximate surface area is 119 Å². The van der Waals surface area contributed by atoms with Crippen LogP contribution in [0.5, 0.6) is 0 Å². The van der Waals surface area contributed by atoms with Crippen LogP contribution >= 0.6 is 0 Å². The molecule has 1 saturated heterocycles. The molecule has 1 heterocycles. The zero-order valence-electron chi connectivity index (χ0n) is 12.3. The number of nitrogens with one attached hydrogen (secondary N) is 1. The summed E-state index contributed by atoms with van der Waals surface area (Å²) < 4.78 is 5.69. The van der Waals surface area contributed by atoms with E-state index in [-0.39, 0.29) is 35.7 Å². The standard InChI is InChI=1S/C16H21NO3/c1-9-11(3)20-12(4)15(9)16(19)17-14-7-5-13(6-8-14)10(2)18/h5-9,11-12,15H,1-4H3,(H,17,19). The fourth-order valence-electron chi connectivity index (χ4n) is 2.73. The van der Waals surface area contributed by atoms with E-state index in [0.717, 1.165) is 0 Å². The van der Waals surface area contributed by atoms with Crippen LogP contribution in [0.3, 0.4) is 0 Å². The van der Waals surface area contributed by atoms with Gasteiger partial charge in [0.2, 0.25) is 5.91 Å². The number of ketones is 1. The SMILES string of the molecule is CC(=O)c1ccc(NC(=O)C2C(C)OC(C)C2C)cc1. The Balaban J connectivity index is 2.06. The first kappa shape index (κ1) is 14.7. The lowest BCUT2D eigenvalue weighted by atomic mass is 9.89. The normalized spacial score (nSPS) is 29.2. The predicted octanol–water partition coefficient (Wildman–Crippen LogP) is 2.89. The first-order valence-corrected chi connectivity index (χ1v) is 6.97. The van der Waals surface area contributed by atoms with Crippen molar-refractivity contribution in [3.8, 4) is 0 Å². The van der Waals surface area contributed by atoms with Gasteiger partial charge in [0.1, 0.15) is 0 Å². The molecule has 0 saturated carbocycles. The van der Waals surface area contributed by atoms with E-state index >= 15 is 0 Å². The van der Waals surface area contributed by atoms with Crippen LogP contribution in [-0.4, -0.2) is 23.9 Å². The van der Waals surface area contributed by atoms with E-state index in [9.17, 15) is 9.59 Å². The number of carbonyl (C=O) groups is 2. The van der Waals surface area contributed by atoms with Crippen LogP contribution in [0.2, 0.25) is 0 Å². The summed E-state index contributed by atoms with van der Waals surface area (Å²) in [6.45, 7) is 7.49. The monoisotopic (exact) mass is 275 g/mol. The second-order valence-electron chi connectivity index (χ2n) is 5.55. The molecule has 0 bridgehead atoms.